The van der Waals surface area contributed by atoms with Gasteiger partial charge in [-0.1, -0.05) is 11.6 Å². The minimum absolute atomic E-state index is 0.124. The van der Waals surface area contributed by atoms with Crippen molar-refractivity contribution in [2.75, 3.05) is 30.3 Å². The number of halogens is 1. The van der Waals surface area contributed by atoms with Crippen LogP contribution in [0, 0.1) is 5.92 Å². The molecule has 3 aliphatic rings. The molecule has 2 aromatic rings. The third-order valence-electron chi connectivity index (χ3n) is 6.30. The van der Waals surface area contributed by atoms with Crippen LogP contribution in [0.3, 0.4) is 0 Å². The summed E-state index contributed by atoms with van der Waals surface area (Å²) in [5.74, 6) is 2.81. The molecule has 0 aromatic carbocycles. The minimum Gasteiger partial charge on any atom is -0.396 e. The molecular formula is C19H22ClN5O2S. The summed E-state index contributed by atoms with van der Waals surface area (Å²) in [6.07, 6.45) is 8.67. The van der Waals surface area contributed by atoms with E-state index in [2.05, 4.69) is 19.9 Å². The highest BCUT2D eigenvalue weighted by Gasteiger charge is 2.53. The molecule has 1 unspecified atom stereocenters. The summed E-state index contributed by atoms with van der Waals surface area (Å²) in [4.78, 5) is 21.1. The Balaban J connectivity index is 1.33. The molecule has 1 saturated heterocycles. The summed E-state index contributed by atoms with van der Waals surface area (Å²) < 4.78 is 12.5. The highest BCUT2D eigenvalue weighted by atomic mass is 35.5. The van der Waals surface area contributed by atoms with Crippen molar-refractivity contribution in [3.63, 3.8) is 0 Å². The van der Waals surface area contributed by atoms with Gasteiger partial charge in [-0.3, -0.25) is 4.21 Å². The highest BCUT2D eigenvalue weighted by molar-refractivity contribution is 7.85. The van der Waals surface area contributed by atoms with E-state index < -0.39 is 10.8 Å². The molecule has 1 atom stereocenters. The largest absolute Gasteiger partial charge is 0.396 e. The van der Waals surface area contributed by atoms with E-state index in [0.717, 1.165) is 61.1 Å². The van der Waals surface area contributed by atoms with Crippen molar-refractivity contribution >= 4 is 28.3 Å². The maximum atomic E-state index is 12.5. The normalized spacial score (nSPS) is 29.7. The highest BCUT2D eigenvalue weighted by Crippen LogP contribution is 2.53. The van der Waals surface area contributed by atoms with Crippen LogP contribution < -0.4 is 4.90 Å². The van der Waals surface area contributed by atoms with Crippen molar-refractivity contribution in [1.29, 1.82) is 0 Å². The summed E-state index contributed by atoms with van der Waals surface area (Å²) in [6.45, 7) is 1.87. The van der Waals surface area contributed by atoms with Crippen LogP contribution in [0.4, 0.5) is 5.95 Å². The van der Waals surface area contributed by atoms with Crippen LogP contribution in [0.25, 0.3) is 0 Å². The lowest BCUT2D eigenvalue weighted by Crippen LogP contribution is -2.44. The smallest absolute Gasteiger partial charge is 0.225 e. The van der Waals surface area contributed by atoms with Gasteiger partial charge < -0.3 is 10.0 Å². The molecule has 4 heterocycles. The van der Waals surface area contributed by atoms with Crippen LogP contribution in [-0.2, 0) is 16.2 Å². The first-order valence-corrected chi connectivity index (χ1v) is 11.4. The van der Waals surface area contributed by atoms with Crippen LogP contribution >= 0.6 is 11.6 Å². The second kappa shape index (κ2) is 7.00. The fraction of sp³-hybridized carbons (Fsp3) is 0.579. The molecule has 148 valence electrons. The molecule has 1 saturated carbocycles. The number of aromatic nitrogens is 4. The lowest BCUT2D eigenvalue weighted by atomic mass is 9.61. The number of nitrogens with zero attached hydrogens (tertiary/aromatic N) is 5. The maximum Gasteiger partial charge on any atom is 0.225 e. The third kappa shape index (κ3) is 3.02. The standard InChI is InChI=1S/C19H22ClN5O2S/c20-14-7-21-17(22-8-14)13-1-3-25(4-2-13)18-23-9-15-16(24-18)19(11-28(15)27)5-12(6-19)10-26/h7-9,12-13,26H,1-6,10-11H2. The first-order valence-electron chi connectivity index (χ1n) is 9.67. The monoisotopic (exact) mass is 419 g/mol. The van der Waals surface area contributed by atoms with E-state index in [4.69, 9.17) is 16.6 Å². The second-order valence-corrected chi connectivity index (χ2v) is 9.99. The van der Waals surface area contributed by atoms with Gasteiger partial charge in [0.05, 0.1) is 26.4 Å². The SMILES string of the molecule is O=S1CC2(CC(CO)C2)c2nc(N3CCC(c4ncc(Cl)cn4)CC3)ncc21. The Morgan fingerprint density at radius 2 is 1.89 bits per heavy atom. The molecule has 9 heteroatoms. The molecule has 1 spiro atoms. The Kier molecular flexibility index (Phi) is 4.60. The van der Waals surface area contributed by atoms with Gasteiger partial charge in [0.1, 0.15) is 5.82 Å². The maximum absolute atomic E-state index is 12.5. The van der Waals surface area contributed by atoms with Crippen molar-refractivity contribution in [1.82, 2.24) is 19.9 Å². The Hall–Kier alpha value is -1.64. The van der Waals surface area contributed by atoms with Gasteiger partial charge in [-0.2, -0.15) is 0 Å². The zero-order chi connectivity index (χ0) is 19.3. The first kappa shape index (κ1) is 18.4. The average molecular weight is 420 g/mol. The van der Waals surface area contributed by atoms with Crippen LogP contribution in [0.5, 0.6) is 0 Å². The van der Waals surface area contributed by atoms with Crippen molar-refractivity contribution in [3.8, 4) is 0 Å². The fourth-order valence-corrected chi connectivity index (χ4v) is 6.59. The van der Waals surface area contributed by atoms with E-state index in [1.165, 1.54) is 0 Å². The number of hydrogen-bond acceptors (Lipinski definition) is 7. The van der Waals surface area contributed by atoms with E-state index in [1.54, 1.807) is 18.6 Å². The van der Waals surface area contributed by atoms with Crippen LogP contribution in [0.2, 0.25) is 5.02 Å². The van der Waals surface area contributed by atoms with Gasteiger partial charge in [-0.05, 0) is 31.6 Å². The number of aliphatic hydroxyl groups is 1. The number of rotatable bonds is 3. The van der Waals surface area contributed by atoms with Crippen LogP contribution in [0.1, 0.15) is 43.1 Å². The van der Waals surface area contributed by atoms with Gasteiger partial charge in [-0.15, -0.1) is 0 Å². The van der Waals surface area contributed by atoms with Gasteiger partial charge in [0.2, 0.25) is 5.95 Å². The molecular weight excluding hydrogens is 398 g/mol. The van der Waals surface area contributed by atoms with Crippen molar-refractivity contribution in [2.45, 2.75) is 41.9 Å². The summed E-state index contributed by atoms with van der Waals surface area (Å²) in [5, 5.41) is 9.96. The van der Waals surface area contributed by atoms with Gasteiger partial charge in [0.15, 0.2) is 0 Å². The second-order valence-electron chi connectivity index (χ2n) is 8.13. The van der Waals surface area contributed by atoms with E-state index in [9.17, 15) is 9.32 Å². The van der Waals surface area contributed by atoms with E-state index in [-0.39, 0.29) is 12.0 Å². The van der Waals surface area contributed by atoms with Gasteiger partial charge >= 0.3 is 0 Å². The molecule has 0 radical (unpaired) electrons. The van der Waals surface area contributed by atoms with Crippen molar-refractivity contribution in [3.05, 3.63) is 35.1 Å². The molecule has 2 aromatic heterocycles. The Labute approximate surface area is 171 Å². The number of anilines is 1. The average Bonchev–Trinajstić information content (AvgIpc) is 3.00. The number of fused-ring (bicyclic) bond motifs is 2. The molecule has 1 N–H and O–H groups in total. The summed E-state index contributed by atoms with van der Waals surface area (Å²) in [6, 6.07) is 0. The van der Waals surface area contributed by atoms with E-state index >= 15 is 0 Å². The van der Waals surface area contributed by atoms with Gasteiger partial charge in [0.25, 0.3) is 0 Å². The van der Waals surface area contributed by atoms with Crippen molar-refractivity contribution in [2.24, 2.45) is 5.92 Å². The summed E-state index contributed by atoms with van der Waals surface area (Å²) in [5.41, 5.74) is 0.824. The number of aliphatic hydroxyl groups excluding tert-OH is 1. The minimum atomic E-state index is -1.03. The molecule has 0 amide bonds. The third-order valence-corrected chi connectivity index (χ3v) is 8.10. The lowest BCUT2D eigenvalue weighted by Gasteiger charge is -2.44. The lowest BCUT2D eigenvalue weighted by molar-refractivity contribution is 0.0893. The molecule has 2 aliphatic heterocycles. The predicted molar refractivity (Wildman–Crippen MR) is 106 cm³/mol. The summed E-state index contributed by atoms with van der Waals surface area (Å²) in [7, 11) is -1.03. The Morgan fingerprint density at radius 1 is 1.18 bits per heavy atom. The Bertz CT molecular complexity index is 911. The Morgan fingerprint density at radius 3 is 2.57 bits per heavy atom. The molecule has 1 aliphatic carbocycles. The molecule has 2 fully saturated rings. The van der Waals surface area contributed by atoms with Crippen LogP contribution in [-0.4, -0.2) is 54.7 Å². The van der Waals surface area contributed by atoms with Crippen LogP contribution in [0.15, 0.2) is 23.5 Å². The molecule has 5 rings (SSSR count). The number of hydrogen-bond donors (Lipinski definition) is 1. The molecule has 7 nitrogen and oxygen atoms in total. The van der Waals surface area contributed by atoms with E-state index in [0.29, 0.717) is 22.6 Å². The van der Waals surface area contributed by atoms with Crippen molar-refractivity contribution < 1.29 is 9.32 Å². The topological polar surface area (TPSA) is 92.1 Å². The first-order chi connectivity index (χ1) is 13.6. The fourth-order valence-electron chi connectivity index (χ4n) is 4.81. The predicted octanol–water partition coefficient (Wildman–Crippen LogP) is 2.07. The van der Waals surface area contributed by atoms with Gasteiger partial charge in [0, 0.05) is 55.4 Å². The summed E-state index contributed by atoms with van der Waals surface area (Å²) >= 11 is 5.88. The van der Waals surface area contributed by atoms with E-state index in [1.807, 2.05) is 0 Å². The van der Waals surface area contributed by atoms with Gasteiger partial charge in [-0.25, -0.2) is 19.9 Å². The quantitative estimate of drug-likeness (QED) is 0.813. The molecule has 28 heavy (non-hydrogen) atoms. The number of piperidine rings is 1. The molecule has 0 bridgehead atoms. The zero-order valence-electron chi connectivity index (χ0n) is 15.4. The zero-order valence-corrected chi connectivity index (χ0v) is 17.0.